The smallest absolute Gasteiger partial charge is 0.320 e. The van der Waals surface area contributed by atoms with Gasteiger partial charge in [-0.15, -0.1) is 0 Å². The van der Waals surface area contributed by atoms with Crippen LogP contribution in [0.2, 0.25) is 0 Å². The van der Waals surface area contributed by atoms with Gasteiger partial charge in [-0.1, -0.05) is 49.8 Å². The molecule has 0 amide bonds. The van der Waals surface area contributed by atoms with Crippen LogP contribution in [0.4, 0.5) is 0 Å². The molecule has 3 N–H and O–H groups in total. The zero-order chi connectivity index (χ0) is 31.4. The van der Waals surface area contributed by atoms with Crippen molar-refractivity contribution in [3.05, 3.63) is 47.1 Å². The second-order valence-electron chi connectivity index (χ2n) is 13.1. The number of carbonyl (C=O) groups excluding carboxylic acids is 2. The summed E-state index contributed by atoms with van der Waals surface area (Å²) in [6.45, 7) is 9.87. The van der Waals surface area contributed by atoms with Crippen molar-refractivity contribution in [3.8, 4) is 0 Å². The average molecular weight is 602 g/mol. The summed E-state index contributed by atoms with van der Waals surface area (Å²) in [5.74, 6) is -2.38. The maximum absolute atomic E-state index is 14.1. The van der Waals surface area contributed by atoms with Gasteiger partial charge in [0.05, 0.1) is 24.9 Å². The maximum atomic E-state index is 14.1. The number of esters is 2. The van der Waals surface area contributed by atoms with Gasteiger partial charge in [-0.2, -0.15) is 0 Å². The van der Waals surface area contributed by atoms with E-state index in [1.54, 1.807) is 19.3 Å². The number of nitrogens with two attached hydrogens (primary N) is 1. The fourth-order valence-electron chi connectivity index (χ4n) is 6.86. The standard InChI is InChI=1S/C34H51NO8/c1-21-8-7-9-26(20-40-31(36)19-35)34(38)18-30(39-6)24(4)15-29(34)32(37)41-28-16-27(11-10-22(2)14-21)43-33(17-28)13-12-23(3)25(5)42-33/h7-10,15,21,23,25,27-30,38H,11-14,16-20,35H2,1-6H3/b8-7+,22-10+,26-9+/t21-,23-,25+,27+,28-,29?,30-,33-,34+/m0/s1. The summed E-state index contributed by atoms with van der Waals surface area (Å²) in [7, 11) is 1.57. The van der Waals surface area contributed by atoms with Crippen LogP contribution in [-0.2, 0) is 33.3 Å². The average Bonchev–Trinajstić information content (AvgIpc) is 2.96. The summed E-state index contributed by atoms with van der Waals surface area (Å²) in [5.41, 5.74) is 6.21. The summed E-state index contributed by atoms with van der Waals surface area (Å²) in [6.07, 6.45) is 12.9. The minimum Gasteiger partial charge on any atom is -0.462 e. The fourth-order valence-corrected chi connectivity index (χ4v) is 6.86. The fraction of sp³-hybridized carbons (Fsp3) is 0.706. The Bertz CT molecular complexity index is 1140. The number of hydrogen-bond donors (Lipinski definition) is 2. The minimum atomic E-state index is -1.72. The molecule has 2 bridgehead atoms. The molecule has 0 aromatic heterocycles. The van der Waals surface area contributed by atoms with Gasteiger partial charge < -0.3 is 34.5 Å². The summed E-state index contributed by atoms with van der Waals surface area (Å²) in [4.78, 5) is 26.1. The largest absolute Gasteiger partial charge is 0.462 e. The van der Waals surface area contributed by atoms with Crippen molar-refractivity contribution in [2.24, 2.45) is 23.5 Å². The first-order chi connectivity index (χ1) is 20.4. The molecule has 1 spiro atoms. The van der Waals surface area contributed by atoms with Gasteiger partial charge in [-0.25, -0.2) is 0 Å². The van der Waals surface area contributed by atoms with E-state index in [-0.39, 0.29) is 37.7 Å². The third-order valence-electron chi connectivity index (χ3n) is 9.62. The van der Waals surface area contributed by atoms with Gasteiger partial charge in [0.1, 0.15) is 24.2 Å². The third-order valence-corrected chi connectivity index (χ3v) is 9.62. The van der Waals surface area contributed by atoms with Crippen molar-refractivity contribution in [2.45, 2.75) is 115 Å². The van der Waals surface area contributed by atoms with Crippen LogP contribution >= 0.6 is 0 Å². The van der Waals surface area contributed by atoms with Crippen molar-refractivity contribution in [1.29, 1.82) is 0 Å². The molecule has 3 heterocycles. The van der Waals surface area contributed by atoms with Crippen LogP contribution in [0.15, 0.2) is 47.1 Å². The van der Waals surface area contributed by atoms with Gasteiger partial charge >= 0.3 is 11.9 Å². The highest BCUT2D eigenvalue weighted by Crippen LogP contribution is 2.44. The monoisotopic (exact) mass is 601 g/mol. The molecule has 0 aromatic rings. The van der Waals surface area contributed by atoms with Gasteiger partial charge in [-0.05, 0) is 63.0 Å². The molecule has 9 heteroatoms. The first-order valence-corrected chi connectivity index (χ1v) is 15.8. The molecule has 1 unspecified atom stereocenters. The topological polar surface area (TPSA) is 127 Å². The number of ether oxygens (including phenoxy) is 5. The third kappa shape index (κ3) is 8.05. The summed E-state index contributed by atoms with van der Waals surface area (Å²) in [5, 5.41) is 12.4. The molecule has 240 valence electrons. The van der Waals surface area contributed by atoms with E-state index in [1.165, 1.54) is 5.57 Å². The second kappa shape index (κ2) is 14.2. The zero-order valence-electron chi connectivity index (χ0n) is 26.7. The van der Waals surface area contributed by atoms with E-state index in [2.05, 4.69) is 33.8 Å². The number of rotatable bonds is 4. The lowest BCUT2D eigenvalue weighted by molar-refractivity contribution is -0.332. The molecule has 4 rings (SSSR count). The van der Waals surface area contributed by atoms with Crippen LogP contribution in [0.3, 0.4) is 0 Å². The second-order valence-corrected chi connectivity index (χ2v) is 13.1. The van der Waals surface area contributed by atoms with Crippen molar-refractivity contribution < 1.29 is 38.4 Å². The van der Waals surface area contributed by atoms with Crippen LogP contribution in [0.5, 0.6) is 0 Å². The molecule has 4 aliphatic rings. The van der Waals surface area contributed by atoms with Crippen LogP contribution in [0, 0.1) is 17.8 Å². The molecule has 2 saturated heterocycles. The molecule has 9 nitrogen and oxygen atoms in total. The highest BCUT2D eigenvalue weighted by Gasteiger charge is 2.52. The molecule has 0 radical (unpaired) electrons. The lowest BCUT2D eigenvalue weighted by Crippen LogP contribution is -2.55. The molecular formula is C34H51NO8. The molecule has 3 aliphatic heterocycles. The van der Waals surface area contributed by atoms with Crippen LogP contribution < -0.4 is 5.73 Å². The summed E-state index contributed by atoms with van der Waals surface area (Å²) in [6, 6.07) is 0. The Labute approximate surface area is 256 Å². The summed E-state index contributed by atoms with van der Waals surface area (Å²) < 4.78 is 30.5. The molecule has 0 saturated carbocycles. The number of allylic oxidation sites excluding steroid dienone is 4. The highest BCUT2D eigenvalue weighted by molar-refractivity contribution is 5.78. The first kappa shape index (κ1) is 33.6. The van der Waals surface area contributed by atoms with Crippen LogP contribution in [-0.4, -0.2) is 73.1 Å². The molecular weight excluding hydrogens is 550 g/mol. The van der Waals surface area contributed by atoms with E-state index >= 15 is 0 Å². The molecule has 9 atom stereocenters. The Morgan fingerprint density at radius 3 is 2.63 bits per heavy atom. The Morgan fingerprint density at radius 1 is 1.16 bits per heavy atom. The van der Waals surface area contributed by atoms with Crippen molar-refractivity contribution in [1.82, 2.24) is 0 Å². The Balaban J connectivity index is 1.75. The van der Waals surface area contributed by atoms with Gasteiger partial charge in [0, 0.05) is 32.8 Å². The van der Waals surface area contributed by atoms with E-state index in [0.717, 1.165) is 24.8 Å². The van der Waals surface area contributed by atoms with E-state index in [0.29, 0.717) is 30.8 Å². The molecule has 2 fully saturated rings. The Morgan fingerprint density at radius 2 is 1.93 bits per heavy atom. The van der Waals surface area contributed by atoms with Crippen molar-refractivity contribution in [3.63, 3.8) is 0 Å². The number of methoxy groups -OCH3 is 1. The summed E-state index contributed by atoms with van der Waals surface area (Å²) >= 11 is 0. The highest BCUT2D eigenvalue weighted by atomic mass is 16.7. The Kier molecular flexibility index (Phi) is 11.1. The number of fused-ring (bicyclic) bond motifs is 3. The van der Waals surface area contributed by atoms with Gasteiger partial charge in [0.25, 0.3) is 0 Å². The SMILES string of the molecule is CO[C@H]1C[C@@]2(O)/C(COC(=O)CN)=C/C=C/[C@H](C)C/C(C)=C/C[C@@H]3C[C@@H](C[C@]4(CC[C@H](C)[C@@H](C)O4)O3)OC(=O)C2C=C1C. The zero-order valence-corrected chi connectivity index (χ0v) is 26.7. The minimum absolute atomic E-state index is 0.0237. The van der Waals surface area contributed by atoms with Crippen LogP contribution in [0.1, 0.15) is 79.6 Å². The number of carbonyl (C=O) groups is 2. The van der Waals surface area contributed by atoms with Crippen LogP contribution in [0.25, 0.3) is 0 Å². The lowest BCUT2D eigenvalue weighted by Gasteiger charge is -2.49. The van der Waals surface area contributed by atoms with Gasteiger partial charge in [0.15, 0.2) is 5.79 Å². The predicted octanol–water partition coefficient (Wildman–Crippen LogP) is 4.68. The van der Waals surface area contributed by atoms with E-state index in [4.69, 9.17) is 29.4 Å². The molecule has 43 heavy (non-hydrogen) atoms. The van der Waals surface area contributed by atoms with Crippen molar-refractivity contribution in [2.75, 3.05) is 20.3 Å². The normalized spacial score (nSPS) is 42.4. The van der Waals surface area contributed by atoms with E-state index in [1.807, 2.05) is 19.1 Å². The number of hydrogen-bond acceptors (Lipinski definition) is 9. The first-order valence-electron chi connectivity index (χ1n) is 15.8. The van der Waals surface area contributed by atoms with E-state index in [9.17, 15) is 14.7 Å². The predicted molar refractivity (Wildman–Crippen MR) is 163 cm³/mol. The van der Waals surface area contributed by atoms with E-state index < -0.39 is 41.5 Å². The van der Waals surface area contributed by atoms with Crippen molar-refractivity contribution >= 4 is 11.9 Å². The quantitative estimate of drug-likeness (QED) is 0.349. The maximum Gasteiger partial charge on any atom is 0.320 e. The molecule has 1 aliphatic carbocycles. The van der Waals surface area contributed by atoms with Gasteiger partial charge in [0.2, 0.25) is 0 Å². The Hall–Kier alpha value is -2.30. The number of aliphatic hydroxyl groups is 1. The molecule has 0 aromatic carbocycles. The van der Waals surface area contributed by atoms with Gasteiger partial charge in [-0.3, -0.25) is 9.59 Å². The lowest BCUT2D eigenvalue weighted by atomic mass is 9.71.